The molecule has 4 nitrogen and oxygen atoms in total. The Morgan fingerprint density at radius 1 is 1.56 bits per heavy atom. The van der Waals surface area contributed by atoms with Crippen LogP contribution >= 0.6 is 0 Å². The van der Waals surface area contributed by atoms with Crippen molar-refractivity contribution >= 4 is 11.8 Å². The van der Waals surface area contributed by atoms with Crippen LogP contribution in [0.15, 0.2) is 0 Å². The molecular formula is C12H20O4. The first-order valence-corrected chi connectivity index (χ1v) is 5.58. The zero-order valence-corrected chi connectivity index (χ0v) is 10.6. The van der Waals surface area contributed by atoms with Gasteiger partial charge in [-0.2, -0.15) is 0 Å². The van der Waals surface area contributed by atoms with Gasteiger partial charge in [0, 0.05) is 0 Å². The molecule has 92 valence electrons. The second-order valence-corrected chi connectivity index (χ2v) is 5.38. The minimum absolute atomic E-state index is 0.0253. The number of carbonyl (C=O) groups excluding carboxylic acids is 2. The van der Waals surface area contributed by atoms with Gasteiger partial charge < -0.3 is 9.47 Å². The molecule has 1 heterocycles. The standard InChI is InChI=1S/C12H20O4/c1-6-11(2,3)10(14)16-9-8(13)7-15-12(9,4)5/h9H,6-7H2,1-5H3. The molecule has 0 aromatic rings. The van der Waals surface area contributed by atoms with E-state index in [1.54, 1.807) is 13.8 Å². The fraction of sp³-hybridized carbons (Fsp3) is 0.833. The van der Waals surface area contributed by atoms with Gasteiger partial charge in [0.1, 0.15) is 12.2 Å². The fourth-order valence-electron chi connectivity index (χ4n) is 1.41. The van der Waals surface area contributed by atoms with Crippen LogP contribution in [0.4, 0.5) is 0 Å². The van der Waals surface area contributed by atoms with Gasteiger partial charge in [-0.15, -0.1) is 0 Å². The zero-order chi connectivity index (χ0) is 12.6. The number of carbonyl (C=O) groups is 2. The SMILES string of the molecule is CCC(C)(C)C(=O)OC1C(=O)COC1(C)C. The molecule has 1 unspecified atom stereocenters. The van der Waals surface area contributed by atoms with Gasteiger partial charge in [-0.25, -0.2) is 0 Å². The highest BCUT2D eigenvalue weighted by molar-refractivity contribution is 5.90. The topological polar surface area (TPSA) is 52.6 Å². The predicted molar refractivity (Wildman–Crippen MR) is 59.0 cm³/mol. The Hall–Kier alpha value is -0.900. The highest BCUT2D eigenvalue weighted by Gasteiger charge is 2.46. The van der Waals surface area contributed by atoms with Gasteiger partial charge in [0.2, 0.25) is 5.78 Å². The van der Waals surface area contributed by atoms with Crippen molar-refractivity contribution in [2.75, 3.05) is 6.61 Å². The van der Waals surface area contributed by atoms with Crippen molar-refractivity contribution in [3.8, 4) is 0 Å². The summed E-state index contributed by atoms with van der Waals surface area (Å²) in [6.07, 6.45) is -0.0978. The number of esters is 1. The van der Waals surface area contributed by atoms with E-state index < -0.39 is 17.1 Å². The second kappa shape index (κ2) is 4.17. The summed E-state index contributed by atoms with van der Waals surface area (Å²) < 4.78 is 10.6. The first-order chi connectivity index (χ1) is 7.20. The third-order valence-electron chi connectivity index (χ3n) is 3.17. The van der Waals surface area contributed by atoms with Gasteiger partial charge in [0.05, 0.1) is 5.41 Å². The molecule has 0 amide bonds. The number of Topliss-reactive ketones (excluding diaryl/α,β-unsaturated/α-hetero) is 1. The van der Waals surface area contributed by atoms with E-state index in [2.05, 4.69) is 0 Å². The Bertz CT molecular complexity index is 304. The van der Waals surface area contributed by atoms with Crippen LogP contribution < -0.4 is 0 Å². The number of hydrogen-bond donors (Lipinski definition) is 0. The molecule has 1 atom stereocenters. The van der Waals surface area contributed by atoms with Crippen LogP contribution in [0.5, 0.6) is 0 Å². The largest absolute Gasteiger partial charge is 0.451 e. The molecule has 0 aromatic carbocycles. The van der Waals surface area contributed by atoms with Crippen LogP contribution in [-0.2, 0) is 19.1 Å². The molecule has 16 heavy (non-hydrogen) atoms. The molecule has 0 N–H and O–H groups in total. The molecule has 1 rings (SSSR count). The summed E-state index contributed by atoms with van der Waals surface area (Å²) in [6, 6.07) is 0. The lowest BCUT2D eigenvalue weighted by molar-refractivity contribution is -0.169. The predicted octanol–water partition coefficient (Wildman–Crippen LogP) is 1.71. The molecule has 1 saturated heterocycles. The van der Waals surface area contributed by atoms with Crippen molar-refractivity contribution in [2.45, 2.75) is 52.7 Å². The Balaban J connectivity index is 2.74. The summed E-state index contributed by atoms with van der Waals surface area (Å²) in [4.78, 5) is 23.4. The maximum atomic E-state index is 11.9. The third kappa shape index (κ3) is 2.43. The highest BCUT2D eigenvalue weighted by atomic mass is 16.6. The minimum atomic E-state index is -0.772. The Morgan fingerprint density at radius 2 is 2.12 bits per heavy atom. The lowest BCUT2D eigenvalue weighted by atomic mass is 9.90. The van der Waals surface area contributed by atoms with Gasteiger partial charge >= 0.3 is 5.97 Å². The highest BCUT2D eigenvalue weighted by Crippen LogP contribution is 2.29. The van der Waals surface area contributed by atoms with Gasteiger partial charge in [0.25, 0.3) is 0 Å². The van der Waals surface area contributed by atoms with Crippen LogP contribution in [0.3, 0.4) is 0 Å². The van der Waals surface area contributed by atoms with Gasteiger partial charge in [-0.3, -0.25) is 9.59 Å². The molecule has 0 aliphatic carbocycles. The number of ether oxygens (including phenoxy) is 2. The Morgan fingerprint density at radius 3 is 2.50 bits per heavy atom. The van der Waals surface area contributed by atoms with E-state index in [1.807, 2.05) is 20.8 Å². The monoisotopic (exact) mass is 228 g/mol. The molecule has 4 heteroatoms. The number of rotatable bonds is 3. The first-order valence-electron chi connectivity index (χ1n) is 5.58. The van der Waals surface area contributed by atoms with E-state index in [-0.39, 0.29) is 18.4 Å². The molecule has 0 radical (unpaired) electrons. The van der Waals surface area contributed by atoms with Gasteiger partial charge in [0.15, 0.2) is 6.10 Å². The average Bonchev–Trinajstić information content (AvgIpc) is 2.44. The van der Waals surface area contributed by atoms with Crippen molar-refractivity contribution in [2.24, 2.45) is 5.41 Å². The van der Waals surface area contributed by atoms with Crippen LogP contribution in [0.2, 0.25) is 0 Å². The van der Waals surface area contributed by atoms with E-state index in [1.165, 1.54) is 0 Å². The molecule has 1 aliphatic heterocycles. The Kier molecular flexibility index (Phi) is 3.43. The molecular weight excluding hydrogens is 208 g/mol. The van der Waals surface area contributed by atoms with E-state index in [9.17, 15) is 9.59 Å². The average molecular weight is 228 g/mol. The third-order valence-corrected chi connectivity index (χ3v) is 3.17. The maximum absolute atomic E-state index is 11.9. The first kappa shape index (κ1) is 13.2. The summed E-state index contributed by atoms with van der Waals surface area (Å²) in [5.74, 6) is -0.503. The van der Waals surface area contributed by atoms with Gasteiger partial charge in [-0.05, 0) is 34.1 Å². The number of ketones is 1. The van der Waals surface area contributed by atoms with Crippen LogP contribution in [-0.4, -0.2) is 30.1 Å². The fourth-order valence-corrected chi connectivity index (χ4v) is 1.41. The molecule has 1 fully saturated rings. The van der Waals surface area contributed by atoms with Gasteiger partial charge in [-0.1, -0.05) is 6.92 Å². The quantitative estimate of drug-likeness (QED) is 0.690. The molecule has 0 spiro atoms. The van der Waals surface area contributed by atoms with Crippen molar-refractivity contribution in [1.29, 1.82) is 0 Å². The summed E-state index contributed by atoms with van der Waals surface area (Å²) >= 11 is 0. The van der Waals surface area contributed by atoms with E-state index >= 15 is 0 Å². The maximum Gasteiger partial charge on any atom is 0.312 e. The van der Waals surface area contributed by atoms with E-state index in [0.29, 0.717) is 6.42 Å². The van der Waals surface area contributed by atoms with Crippen LogP contribution in [0.1, 0.15) is 41.0 Å². The van der Waals surface area contributed by atoms with E-state index in [0.717, 1.165) is 0 Å². The summed E-state index contributed by atoms with van der Waals surface area (Å²) in [6.45, 7) is 9.08. The minimum Gasteiger partial charge on any atom is -0.451 e. The van der Waals surface area contributed by atoms with Crippen molar-refractivity contribution < 1.29 is 19.1 Å². The molecule has 0 bridgehead atoms. The zero-order valence-electron chi connectivity index (χ0n) is 10.6. The van der Waals surface area contributed by atoms with Crippen molar-refractivity contribution in [3.05, 3.63) is 0 Å². The smallest absolute Gasteiger partial charge is 0.312 e. The summed E-state index contributed by atoms with van der Waals surface area (Å²) in [7, 11) is 0. The van der Waals surface area contributed by atoms with Crippen LogP contribution in [0, 0.1) is 5.41 Å². The summed E-state index contributed by atoms with van der Waals surface area (Å²) in [5.41, 5.74) is -1.27. The van der Waals surface area contributed by atoms with Crippen LogP contribution in [0.25, 0.3) is 0 Å². The molecule has 0 aromatic heterocycles. The lowest BCUT2D eigenvalue weighted by Gasteiger charge is -2.28. The number of hydrogen-bond acceptors (Lipinski definition) is 4. The molecule has 1 aliphatic rings. The molecule has 0 saturated carbocycles. The Labute approximate surface area is 96.3 Å². The lowest BCUT2D eigenvalue weighted by Crippen LogP contribution is -2.42. The van der Waals surface area contributed by atoms with E-state index in [4.69, 9.17) is 9.47 Å². The van der Waals surface area contributed by atoms with Crippen molar-refractivity contribution in [3.63, 3.8) is 0 Å². The normalized spacial score (nSPS) is 24.6. The van der Waals surface area contributed by atoms with Crippen molar-refractivity contribution in [1.82, 2.24) is 0 Å². The summed E-state index contributed by atoms with van der Waals surface area (Å²) in [5, 5.41) is 0. The second-order valence-electron chi connectivity index (χ2n) is 5.38.